The number of aromatic nitrogens is 1. The van der Waals surface area contributed by atoms with Gasteiger partial charge in [0.15, 0.2) is 0 Å². The van der Waals surface area contributed by atoms with E-state index in [1.165, 1.54) is 27.6 Å². The predicted molar refractivity (Wildman–Crippen MR) is 76.7 cm³/mol. The van der Waals surface area contributed by atoms with E-state index in [0.717, 1.165) is 5.52 Å². The minimum Gasteiger partial charge on any atom is -0.256 e. The number of aryl methyl sites for hydroxylation is 2. The van der Waals surface area contributed by atoms with Crippen molar-refractivity contribution >= 4 is 10.9 Å². The first-order chi connectivity index (χ1) is 8.75. The van der Waals surface area contributed by atoms with E-state index in [-0.39, 0.29) is 0 Å². The van der Waals surface area contributed by atoms with Gasteiger partial charge in [-0.15, -0.1) is 0 Å². The Morgan fingerprint density at radius 3 is 2.44 bits per heavy atom. The van der Waals surface area contributed by atoms with Crippen molar-refractivity contribution in [2.24, 2.45) is 0 Å². The second-order valence-electron chi connectivity index (χ2n) is 4.68. The van der Waals surface area contributed by atoms with Gasteiger partial charge < -0.3 is 0 Å². The van der Waals surface area contributed by atoms with Gasteiger partial charge in [0.1, 0.15) is 0 Å². The summed E-state index contributed by atoms with van der Waals surface area (Å²) in [7, 11) is 0. The smallest absolute Gasteiger partial charge is 0.0707 e. The van der Waals surface area contributed by atoms with Crippen LogP contribution < -0.4 is 0 Å². The van der Waals surface area contributed by atoms with Crippen molar-refractivity contribution in [2.45, 2.75) is 13.8 Å². The summed E-state index contributed by atoms with van der Waals surface area (Å²) in [5.41, 5.74) is 6.07. The van der Waals surface area contributed by atoms with E-state index in [0.29, 0.717) is 0 Å². The summed E-state index contributed by atoms with van der Waals surface area (Å²) < 4.78 is 0. The van der Waals surface area contributed by atoms with Crippen LogP contribution in [0, 0.1) is 13.8 Å². The molecular weight excluding hydrogens is 218 g/mol. The van der Waals surface area contributed by atoms with Crippen LogP contribution >= 0.6 is 0 Å². The molecule has 18 heavy (non-hydrogen) atoms. The van der Waals surface area contributed by atoms with Crippen LogP contribution in [-0.2, 0) is 0 Å². The number of nitrogens with zero attached hydrogens (tertiary/aromatic N) is 1. The number of hydrogen-bond donors (Lipinski definition) is 0. The Bertz CT molecular complexity index is 699. The molecule has 0 unspecified atom stereocenters. The van der Waals surface area contributed by atoms with Crippen molar-refractivity contribution in [3.63, 3.8) is 0 Å². The summed E-state index contributed by atoms with van der Waals surface area (Å²) in [5, 5.41) is 1.24. The quantitative estimate of drug-likeness (QED) is 0.602. The van der Waals surface area contributed by atoms with Crippen LogP contribution in [0.1, 0.15) is 11.1 Å². The lowest BCUT2D eigenvalue weighted by Gasteiger charge is -2.09. The molecule has 0 atom stereocenters. The number of rotatable bonds is 1. The van der Waals surface area contributed by atoms with Gasteiger partial charge in [-0.1, -0.05) is 42.5 Å². The second kappa shape index (κ2) is 4.26. The zero-order valence-corrected chi connectivity index (χ0v) is 10.6. The highest BCUT2D eigenvalue weighted by Gasteiger charge is 2.06. The summed E-state index contributed by atoms with van der Waals surface area (Å²) in [5.74, 6) is 0. The zero-order chi connectivity index (χ0) is 12.5. The van der Waals surface area contributed by atoms with E-state index < -0.39 is 0 Å². The van der Waals surface area contributed by atoms with Crippen molar-refractivity contribution in [1.29, 1.82) is 0 Å². The van der Waals surface area contributed by atoms with Gasteiger partial charge in [0.05, 0.1) is 5.52 Å². The Hall–Kier alpha value is -2.15. The standard InChI is InChI=1S/C17H15N/c1-12-8-9-15-13(2)16(11-18-17(15)10-12)14-6-4-3-5-7-14/h3-11H,1-2H3. The number of fused-ring (bicyclic) bond motifs is 1. The third-order valence-electron chi connectivity index (χ3n) is 3.38. The second-order valence-corrected chi connectivity index (χ2v) is 4.68. The molecule has 1 nitrogen and oxygen atoms in total. The largest absolute Gasteiger partial charge is 0.256 e. The molecule has 1 heteroatoms. The fourth-order valence-electron chi connectivity index (χ4n) is 2.35. The third-order valence-corrected chi connectivity index (χ3v) is 3.38. The Morgan fingerprint density at radius 1 is 0.889 bits per heavy atom. The predicted octanol–water partition coefficient (Wildman–Crippen LogP) is 4.52. The SMILES string of the molecule is Cc1ccc2c(C)c(-c3ccccc3)cnc2c1. The molecular formula is C17H15N. The van der Waals surface area contributed by atoms with Gasteiger partial charge in [0, 0.05) is 17.1 Å². The fourth-order valence-corrected chi connectivity index (χ4v) is 2.35. The summed E-state index contributed by atoms with van der Waals surface area (Å²) in [6.07, 6.45) is 1.98. The van der Waals surface area contributed by atoms with Gasteiger partial charge in [0.2, 0.25) is 0 Å². The normalized spacial score (nSPS) is 10.8. The minimum absolute atomic E-state index is 1.08. The van der Waals surface area contributed by atoms with E-state index in [9.17, 15) is 0 Å². The lowest BCUT2D eigenvalue weighted by atomic mass is 9.98. The summed E-state index contributed by atoms with van der Waals surface area (Å²) >= 11 is 0. The maximum absolute atomic E-state index is 4.58. The molecule has 0 spiro atoms. The lowest BCUT2D eigenvalue weighted by Crippen LogP contribution is -1.89. The van der Waals surface area contributed by atoms with Crippen molar-refractivity contribution in [3.8, 4) is 11.1 Å². The van der Waals surface area contributed by atoms with E-state index in [1.807, 2.05) is 12.3 Å². The molecule has 2 aromatic carbocycles. The molecule has 0 N–H and O–H groups in total. The maximum Gasteiger partial charge on any atom is 0.0707 e. The van der Waals surface area contributed by atoms with E-state index >= 15 is 0 Å². The molecule has 0 fully saturated rings. The van der Waals surface area contributed by atoms with Crippen molar-refractivity contribution < 1.29 is 0 Å². The first-order valence-corrected chi connectivity index (χ1v) is 6.17. The molecule has 0 aliphatic heterocycles. The van der Waals surface area contributed by atoms with Crippen LogP contribution in [0.15, 0.2) is 54.7 Å². The molecule has 1 heterocycles. The summed E-state index contributed by atoms with van der Waals surface area (Å²) in [6, 6.07) is 16.9. The zero-order valence-electron chi connectivity index (χ0n) is 10.6. The maximum atomic E-state index is 4.58. The van der Waals surface area contributed by atoms with Gasteiger partial charge in [-0.05, 0) is 36.6 Å². The molecule has 0 radical (unpaired) electrons. The molecule has 1 aromatic heterocycles. The number of pyridine rings is 1. The van der Waals surface area contributed by atoms with Crippen LogP contribution in [0.5, 0.6) is 0 Å². The van der Waals surface area contributed by atoms with Crippen molar-refractivity contribution in [3.05, 3.63) is 65.9 Å². The Kier molecular flexibility index (Phi) is 2.60. The van der Waals surface area contributed by atoms with Crippen molar-refractivity contribution in [2.75, 3.05) is 0 Å². The van der Waals surface area contributed by atoms with Crippen LogP contribution in [-0.4, -0.2) is 4.98 Å². The average Bonchev–Trinajstić information content (AvgIpc) is 2.40. The third kappa shape index (κ3) is 1.78. The first kappa shape index (κ1) is 11.0. The topological polar surface area (TPSA) is 12.9 Å². The van der Waals surface area contributed by atoms with Crippen LogP contribution in [0.4, 0.5) is 0 Å². The lowest BCUT2D eigenvalue weighted by molar-refractivity contribution is 1.35. The molecule has 0 saturated carbocycles. The molecule has 0 amide bonds. The average molecular weight is 233 g/mol. The monoisotopic (exact) mass is 233 g/mol. The highest BCUT2D eigenvalue weighted by Crippen LogP contribution is 2.28. The van der Waals surface area contributed by atoms with Gasteiger partial charge in [-0.2, -0.15) is 0 Å². The highest BCUT2D eigenvalue weighted by molar-refractivity contribution is 5.88. The summed E-state index contributed by atoms with van der Waals surface area (Å²) in [6.45, 7) is 4.27. The molecule has 0 aliphatic rings. The van der Waals surface area contributed by atoms with Gasteiger partial charge in [-0.3, -0.25) is 4.98 Å². The molecule has 3 rings (SSSR count). The van der Waals surface area contributed by atoms with Gasteiger partial charge in [0.25, 0.3) is 0 Å². The minimum atomic E-state index is 1.08. The number of hydrogen-bond acceptors (Lipinski definition) is 1. The van der Waals surface area contributed by atoms with Gasteiger partial charge >= 0.3 is 0 Å². The molecule has 0 saturated heterocycles. The summed E-state index contributed by atoms with van der Waals surface area (Å²) in [4.78, 5) is 4.58. The molecule has 3 aromatic rings. The van der Waals surface area contributed by atoms with Gasteiger partial charge in [-0.25, -0.2) is 0 Å². The Morgan fingerprint density at radius 2 is 1.67 bits per heavy atom. The highest BCUT2D eigenvalue weighted by atomic mass is 14.7. The Labute approximate surface area is 107 Å². The van der Waals surface area contributed by atoms with E-state index in [4.69, 9.17) is 0 Å². The van der Waals surface area contributed by atoms with E-state index in [1.54, 1.807) is 0 Å². The molecule has 0 aliphatic carbocycles. The van der Waals surface area contributed by atoms with Crippen LogP contribution in [0.25, 0.3) is 22.0 Å². The number of benzene rings is 2. The molecule has 88 valence electrons. The fraction of sp³-hybridized carbons (Fsp3) is 0.118. The van der Waals surface area contributed by atoms with Crippen molar-refractivity contribution in [1.82, 2.24) is 4.98 Å². The Balaban J connectivity index is 2.27. The van der Waals surface area contributed by atoms with Crippen LogP contribution in [0.3, 0.4) is 0 Å². The molecule has 0 bridgehead atoms. The van der Waals surface area contributed by atoms with Crippen LogP contribution in [0.2, 0.25) is 0 Å². The first-order valence-electron chi connectivity index (χ1n) is 6.17. The van der Waals surface area contributed by atoms with E-state index in [2.05, 4.69) is 61.3 Å².